The van der Waals surface area contributed by atoms with Crippen molar-refractivity contribution in [1.82, 2.24) is 0 Å². The van der Waals surface area contributed by atoms with Gasteiger partial charge >= 0.3 is 5.97 Å². The first-order valence-corrected chi connectivity index (χ1v) is 10.9. The monoisotopic (exact) mass is 426 g/mol. The van der Waals surface area contributed by atoms with Gasteiger partial charge in [-0.3, -0.25) is 14.9 Å². The number of hydrogen-bond acceptors (Lipinski definition) is 7. The summed E-state index contributed by atoms with van der Waals surface area (Å²) in [6.07, 6.45) is 1.27. The average molecular weight is 427 g/mol. The Labute approximate surface area is 175 Å². The first-order chi connectivity index (χ1) is 13.5. The predicted octanol–water partition coefficient (Wildman–Crippen LogP) is 3.56. The molecule has 1 aliphatic rings. The van der Waals surface area contributed by atoms with Crippen molar-refractivity contribution in [3.8, 4) is 0 Å². The van der Waals surface area contributed by atoms with Crippen molar-refractivity contribution in [1.29, 1.82) is 0 Å². The van der Waals surface area contributed by atoms with Gasteiger partial charge in [0, 0.05) is 30.8 Å². The zero-order valence-corrected chi connectivity index (χ0v) is 17.9. The lowest BCUT2D eigenvalue weighted by Crippen LogP contribution is -2.46. The largest absolute Gasteiger partial charge is 0.481 e. The van der Waals surface area contributed by atoms with Gasteiger partial charge in [-0.2, -0.15) is 0 Å². The van der Waals surface area contributed by atoms with Crippen molar-refractivity contribution < 1.29 is 25.0 Å². The third-order valence-electron chi connectivity index (χ3n) is 5.18. The third-order valence-corrected chi connectivity index (χ3v) is 6.25. The lowest BCUT2D eigenvalue weighted by molar-refractivity contribution is -0.384. The molecule has 0 spiro atoms. The van der Waals surface area contributed by atoms with E-state index >= 15 is 0 Å². The molecule has 0 saturated carbocycles. The SMILES string of the molecule is CCC(CC(=O)O)c1ccc(N(CC(C)C)C2CCSC(O)(O)C2)c([N+](=O)[O-])c1. The smallest absolute Gasteiger partial charge is 0.303 e. The Morgan fingerprint density at radius 2 is 2.10 bits per heavy atom. The third kappa shape index (κ3) is 6.32. The molecule has 2 rings (SSSR count). The minimum absolute atomic E-state index is 0.0771. The molecule has 29 heavy (non-hydrogen) atoms. The summed E-state index contributed by atoms with van der Waals surface area (Å²) in [4.78, 5) is 24.5. The minimum atomic E-state index is -1.85. The molecule has 1 aliphatic heterocycles. The molecule has 0 aromatic heterocycles. The number of nitrogens with zero attached hydrogens (tertiary/aromatic N) is 2. The molecule has 0 bridgehead atoms. The summed E-state index contributed by atoms with van der Waals surface area (Å²) in [6.45, 7) is 6.42. The molecule has 2 unspecified atom stereocenters. The van der Waals surface area contributed by atoms with Crippen LogP contribution in [0.25, 0.3) is 0 Å². The van der Waals surface area contributed by atoms with E-state index in [1.165, 1.54) is 6.07 Å². The molecule has 162 valence electrons. The molecule has 3 N–H and O–H groups in total. The Morgan fingerprint density at radius 3 is 2.62 bits per heavy atom. The molecule has 0 amide bonds. The molecule has 2 atom stereocenters. The molecule has 1 saturated heterocycles. The molecular formula is C20H30N2O6S. The maximum Gasteiger partial charge on any atom is 0.303 e. The summed E-state index contributed by atoms with van der Waals surface area (Å²) in [5, 5.41) is 39.3. The molecule has 1 fully saturated rings. The van der Waals surface area contributed by atoms with Gasteiger partial charge in [0.2, 0.25) is 5.12 Å². The van der Waals surface area contributed by atoms with Crippen LogP contribution in [0.1, 0.15) is 57.9 Å². The number of rotatable bonds is 9. The van der Waals surface area contributed by atoms with E-state index in [-0.39, 0.29) is 36.4 Å². The maximum atomic E-state index is 11.9. The van der Waals surface area contributed by atoms with Crippen molar-refractivity contribution >= 4 is 29.1 Å². The van der Waals surface area contributed by atoms with Crippen LogP contribution in [0.4, 0.5) is 11.4 Å². The van der Waals surface area contributed by atoms with Crippen LogP contribution in [0.15, 0.2) is 18.2 Å². The molecule has 9 heteroatoms. The van der Waals surface area contributed by atoms with Crippen LogP contribution in [0, 0.1) is 16.0 Å². The van der Waals surface area contributed by atoms with Crippen LogP contribution in [-0.2, 0) is 4.79 Å². The van der Waals surface area contributed by atoms with Gasteiger partial charge in [-0.05, 0) is 36.3 Å². The highest BCUT2D eigenvalue weighted by molar-refractivity contribution is 8.00. The van der Waals surface area contributed by atoms with Crippen LogP contribution >= 0.6 is 11.8 Å². The van der Waals surface area contributed by atoms with E-state index in [1.807, 2.05) is 25.7 Å². The molecule has 1 aromatic rings. The van der Waals surface area contributed by atoms with Crippen molar-refractivity contribution in [3.63, 3.8) is 0 Å². The van der Waals surface area contributed by atoms with Crippen LogP contribution in [0.2, 0.25) is 0 Å². The Bertz CT molecular complexity index is 740. The van der Waals surface area contributed by atoms with Gasteiger partial charge in [0.1, 0.15) is 5.69 Å². The standard InChI is InChI=1S/C20H30N2O6S/c1-4-14(10-19(23)24)15-5-6-17(18(9-15)22(27)28)21(12-13(2)3)16-7-8-29-20(25,26)11-16/h5-6,9,13-14,16,25-26H,4,7-8,10-12H2,1-3H3,(H,23,24). The van der Waals surface area contributed by atoms with Crippen LogP contribution in [-0.4, -0.2) is 49.7 Å². The molecule has 0 radical (unpaired) electrons. The first-order valence-electron chi connectivity index (χ1n) is 9.89. The first kappa shape index (κ1) is 23.4. The van der Waals surface area contributed by atoms with Gasteiger partial charge in [-0.15, -0.1) is 0 Å². The van der Waals surface area contributed by atoms with Crippen LogP contribution < -0.4 is 4.90 Å². The maximum absolute atomic E-state index is 11.9. The summed E-state index contributed by atoms with van der Waals surface area (Å²) >= 11 is 1.08. The van der Waals surface area contributed by atoms with Gasteiger partial charge in [-0.1, -0.05) is 38.6 Å². The van der Waals surface area contributed by atoms with Gasteiger partial charge in [0.05, 0.1) is 11.3 Å². The topological polar surface area (TPSA) is 124 Å². The van der Waals surface area contributed by atoms with E-state index < -0.39 is 16.0 Å². The number of benzene rings is 1. The number of thioether (sulfide) groups is 1. The number of carbonyl (C=O) groups is 1. The lowest BCUT2D eigenvalue weighted by atomic mass is 9.92. The second-order valence-electron chi connectivity index (χ2n) is 7.99. The van der Waals surface area contributed by atoms with E-state index in [4.69, 9.17) is 5.11 Å². The summed E-state index contributed by atoms with van der Waals surface area (Å²) < 4.78 is 0. The number of nitro groups is 1. The Kier molecular flexibility index (Phi) is 7.90. The average Bonchev–Trinajstić information content (AvgIpc) is 2.62. The fourth-order valence-electron chi connectivity index (χ4n) is 3.82. The molecule has 0 aliphatic carbocycles. The molecule has 1 heterocycles. The van der Waals surface area contributed by atoms with Crippen molar-refractivity contribution in [2.24, 2.45) is 5.92 Å². The molecule has 8 nitrogen and oxygen atoms in total. The van der Waals surface area contributed by atoms with Gasteiger partial charge < -0.3 is 20.2 Å². The Morgan fingerprint density at radius 1 is 1.41 bits per heavy atom. The normalized spacial score (nSPS) is 19.7. The highest BCUT2D eigenvalue weighted by Crippen LogP contribution is 2.40. The van der Waals surface area contributed by atoms with Crippen molar-refractivity contribution in [3.05, 3.63) is 33.9 Å². The minimum Gasteiger partial charge on any atom is -0.481 e. The fraction of sp³-hybridized carbons (Fsp3) is 0.650. The van der Waals surface area contributed by atoms with Crippen molar-refractivity contribution in [2.75, 3.05) is 17.2 Å². The zero-order chi connectivity index (χ0) is 21.8. The quantitative estimate of drug-likeness (QED) is 0.311. The second-order valence-corrected chi connectivity index (χ2v) is 9.34. The van der Waals surface area contributed by atoms with E-state index in [0.717, 1.165) is 11.8 Å². The van der Waals surface area contributed by atoms with Gasteiger partial charge in [-0.25, -0.2) is 0 Å². The number of aliphatic carboxylic acids is 1. The lowest BCUT2D eigenvalue weighted by Gasteiger charge is -2.40. The summed E-state index contributed by atoms with van der Waals surface area (Å²) in [6, 6.07) is 4.68. The Hall–Kier alpha value is -1.84. The Balaban J connectivity index is 2.46. The number of carboxylic acid groups (broad SMARTS) is 1. The fourth-order valence-corrected chi connectivity index (χ4v) is 4.85. The molecular weight excluding hydrogens is 396 g/mol. The highest BCUT2D eigenvalue weighted by Gasteiger charge is 2.37. The summed E-state index contributed by atoms with van der Waals surface area (Å²) in [5.41, 5.74) is 0.990. The predicted molar refractivity (Wildman–Crippen MR) is 113 cm³/mol. The van der Waals surface area contributed by atoms with Crippen molar-refractivity contribution in [2.45, 2.75) is 63.5 Å². The van der Waals surface area contributed by atoms with E-state index in [1.54, 1.807) is 12.1 Å². The number of aliphatic hydroxyl groups is 2. The van der Waals surface area contributed by atoms with Gasteiger partial charge in [0.25, 0.3) is 5.69 Å². The van der Waals surface area contributed by atoms with E-state index in [2.05, 4.69) is 0 Å². The summed E-state index contributed by atoms with van der Waals surface area (Å²) in [7, 11) is 0. The summed E-state index contributed by atoms with van der Waals surface area (Å²) in [5.74, 6) is -0.473. The number of anilines is 1. The van der Waals surface area contributed by atoms with Crippen LogP contribution in [0.5, 0.6) is 0 Å². The number of carboxylic acids is 1. The number of hydrogen-bond donors (Lipinski definition) is 3. The van der Waals surface area contributed by atoms with E-state index in [9.17, 15) is 25.1 Å². The van der Waals surface area contributed by atoms with Gasteiger partial charge in [0.15, 0.2) is 0 Å². The highest BCUT2D eigenvalue weighted by atomic mass is 32.2. The molecule has 1 aromatic carbocycles. The van der Waals surface area contributed by atoms with E-state index in [0.29, 0.717) is 36.4 Å². The van der Waals surface area contributed by atoms with Crippen LogP contribution in [0.3, 0.4) is 0 Å². The number of nitro benzene ring substituents is 1. The zero-order valence-electron chi connectivity index (χ0n) is 17.1. The second kappa shape index (κ2) is 9.77.